The Hall–Kier alpha value is -3.28. The second kappa shape index (κ2) is 8.17. The summed E-state index contributed by atoms with van der Waals surface area (Å²) in [5.41, 5.74) is 1.29. The molecule has 0 aliphatic heterocycles. The molecule has 0 bridgehead atoms. The molecule has 0 fully saturated rings. The van der Waals surface area contributed by atoms with Crippen LogP contribution in [0.1, 0.15) is 28.9 Å². The zero-order valence-corrected chi connectivity index (χ0v) is 15.3. The Balaban J connectivity index is 1.91. The number of carbonyl (C=O) groups excluding carboxylic acids is 1. The van der Waals surface area contributed by atoms with E-state index in [2.05, 4.69) is 5.32 Å². The quantitative estimate of drug-likeness (QED) is 0.650. The van der Waals surface area contributed by atoms with Gasteiger partial charge in [-0.1, -0.05) is 6.07 Å². The van der Waals surface area contributed by atoms with E-state index in [1.165, 1.54) is 31.4 Å². The molecule has 0 radical (unpaired) electrons. The summed E-state index contributed by atoms with van der Waals surface area (Å²) in [6.07, 6.45) is 0. The average molecular weight is 385 g/mol. The Kier molecular flexibility index (Phi) is 5.68. The van der Waals surface area contributed by atoms with E-state index in [1.807, 2.05) is 0 Å². The van der Waals surface area contributed by atoms with E-state index < -0.39 is 23.5 Å². The molecule has 0 spiro atoms. The molecular formula is C22H18F3NO2. The summed E-state index contributed by atoms with van der Waals surface area (Å²) in [6, 6.07) is 12.9. The lowest BCUT2D eigenvalue weighted by Crippen LogP contribution is -2.27. The maximum Gasteiger partial charge on any atom is 0.251 e. The number of benzene rings is 3. The highest BCUT2D eigenvalue weighted by Crippen LogP contribution is 2.31. The Morgan fingerprint density at radius 2 is 1.50 bits per heavy atom. The summed E-state index contributed by atoms with van der Waals surface area (Å²) in [5, 5.41) is 2.78. The molecule has 0 saturated carbocycles. The first-order valence-corrected chi connectivity index (χ1v) is 8.59. The van der Waals surface area contributed by atoms with Crippen LogP contribution in [0.25, 0.3) is 11.1 Å². The minimum atomic E-state index is -0.762. The van der Waals surface area contributed by atoms with Crippen LogP contribution >= 0.6 is 0 Å². The van der Waals surface area contributed by atoms with Crippen LogP contribution in [0.2, 0.25) is 0 Å². The van der Waals surface area contributed by atoms with Gasteiger partial charge in [0.1, 0.15) is 23.2 Å². The molecule has 0 aromatic heterocycles. The van der Waals surface area contributed by atoms with Gasteiger partial charge in [-0.05, 0) is 66.6 Å². The number of halogens is 3. The highest BCUT2D eigenvalue weighted by Gasteiger charge is 2.18. The fourth-order valence-electron chi connectivity index (χ4n) is 2.95. The van der Waals surface area contributed by atoms with Crippen LogP contribution in [0.5, 0.6) is 5.75 Å². The van der Waals surface area contributed by atoms with Crippen molar-refractivity contribution < 1.29 is 22.7 Å². The lowest BCUT2D eigenvalue weighted by atomic mass is 9.94. The summed E-state index contributed by atoms with van der Waals surface area (Å²) in [7, 11) is 1.53. The Morgan fingerprint density at radius 3 is 2.11 bits per heavy atom. The number of hydrogen-bond acceptors (Lipinski definition) is 2. The third-order valence-electron chi connectivity index (χ3n) is 4.40. The predicted molar refractivity (Wildman–Crippen MR) is 101 cm³/mol. The van der Waals surface area contributed by atoms with Crippen LogP contribution in [-0.4, -0.2) is 13.0 Å². The van der Waals surface area contributed by atoms with Crippen LogP contribution in [0.3, 0.4) is 0 Å². The van der Waals surface area contributed by atoms with Gasteiger partial charge in [-0.3, -0.25) is 4.79 Å². The Morgan fingerprint density at radius 1 is 0.893 bits per heavy atom. The van der Waals surface area contributed by atoms with Crippen molar-refractivity contribution in [3.05, 3.63) is 89.2 Å². The van der Waals surface area contributed by atoms with E-state index in [4.69, 9.17) is 4.74 Å². The third-order valence-corrected chi connectivity index (χ3v) is 4.40. The van der Waals surface area contributed by atoms with Gasteiger partial charge in [0.25, 0.3) is 5.91 Å². The van der Waals surface area contributed by atoms with Crippen molar-refractivity contribution in [3.8, 4) is 16.9 Å². The third kappa shape index (κ3) is 4.17. The van der Waals surface area contributed by atoms with E-state index in [0.717, 1.165) is 12.1 Å². The number of hydrogen-bond donors (Lipinski definition) is 1. The van der Waals surface area contributed by atoms with Gasteiger partial charge in [0, 0.05) is 17.2 Å². The minimum absolute atomic E-state index is 0.127. The molecule has 0 aliphatic carbocycles. The van der Waals surface area contributed by atoms with E-state index in [-0.39, 0.29) is 11.5 Å². The summed E-state index contributed by atoms with van der Waals surface area (Å²) in [4.78, 5) is 12.5. The van der Waals surface area contributed by atoms with Crippen molar-refractivity contribution in [2.45, 2.75) is 13.0 Å². The van der Waals surface area contributed by atoms with Gasteiger partial charge >= 0.3 is 0 Å². The average Bonchev–Trinajstić information content (AvgIpc) is 2.68. The molecule has 3 aromatic carbocycles. The fourth-order valence-corrected chi connectivity index (χ4v) is 2.95. The smallest absolute Gasteiger partial charge is 0.251 e. The Labute approximate surface area is 160 Å². The van der Waals surface area contributed by atoms with Crippen molar-refractivity contribution in [3.63, 3.8) is 0 Å². The number of ether oxygens (including phenoxy) is 1. The number of carbonyl (C=O) groups is 1. The summed E-state index contributed by atoms with van der Waals surface area (Å²) >= 11 is 0. The second-order valence-corrected chi connectivity index (χ2v) is 6.28. The van der Waals surface area contributed by atoms with Crippen molar-refractivity contribution >= 4 is 5.91 Å². The predicted octanol–water partition coefficient (Wildman–Crippen LogP) is 5.27. The van der Waals surface area contributed by atoms with E-state index in [0.29, 0.717) is 22.4 Å². The van der Waals surface area contributed by atoms with E-state index in [9.17, 15) is 18.0 Å². The molecule has 0 aliphatic rings. The van der Waals surface area contributed by atoms with Crippen molar-refractivity contribution in [1.82, 2.24) is 5.32 Å². The molecule has 1 unspecified atom stereocenters. The topological polar surface area (TPSA) is 38.3 Å². The van der Waals surface area contributed by atoms with Gasteiger partial charge in [0.05, 0.1) is 13.2 Å². The first kappa shape index (κ1) is 19.5. The van der Waals surface area contributed by atoms with E-state index in [1.54, 1.807) is 31.2 Å². The molecule has 28 heavy (non-hydrogen) atoms. The molecular weight excluding hydrogens is 367 g/mol. The molecule has 3 nitrogen and oxygen atoms in total. The molecule has 0 saturated heterocycles. The maximum absolute atomic E-state index is 14.2. The monoisotopic (exact) mass is 385 g/mol. The van der Waals surface area contributed by atoms with E-state index >= 15 is 0 Å². The van der Waals surface area contributed by atoms with Crippen LogP contribution in [0.4, 0.5) is 13.2 Å². The largest absolute Gasteiger partial charge is 0.497 e. The van der Waals surface area contributed by atoms with Gasteiger partial charge in [-0.25, -0.2) is 13.2 Å². The van der Waals surface area contributed by atoms with Gasteiger partial charge < -0.3 is 10.1 Å². The lowest BCUT2D eigenvalue weighted by molar-refractivity contribution is 0.0940. The number of amides is 1. The SMILES string of the molecule is COc1ccc(C(=O)NC(C)c2cc(F)ccc2-c2ccc(F)cc2F)cc1. The molecule has 1 atom stereocenters. The number of nitrogens with one attached hydrogen (secondary N) is 1. The Bertz CT molecular complexity index is 1000. The van der Waals surface area contributed by atoms with Crippen LogP contribution in [0.15, 0.2) is 60.7 Å². The standard InChI is InChI=1S/C22H18F3NO2/c1-13(26-22(27)14-3-7-17(28-2)8-4-14)20-11-15(23)5-9-18(20)19-10-6-16(24)12-21(19)25/h3-13H,1-2H3,(H,26,27). The molecule has 3 aromatic rings. The van der Waals surface area contributed by atoms with Crippen LogP contribution < -0.4 is 10.1 Å². The lowest BCUT2D eigenvalue weighted by Gasteiger charge is -2.19. The maximum atomic E-state index is 14.2. The van der Waals surface area contributed by atoms with Crippen molar-refractivity contribution in [2.75, 3.05) is 7.11 Å². The molecule has 1 N–H and O–H groups in total. The first-order valence-electron chi connectivity index (χ1n) is 8.59. The van der Waals surface area contributed by atoms with Crippen LogP contribution in [0, 0.1) is 17.5 Å². The molecule has 6 heteroatoms. The van der Waals surface area contributed by atoms with Crippen molar-refractivity contribution in [1.29, 1.82) is 0 Å². The zero-order valence-electron chi connectivity index (χ0n) is 15.3. The second-order valence-electron chi connectivity index (χ2n) is 6.28. The first-order chi connectivity index (χ1) is 13.4. The normalized spacial score (nSPS) is 11.8. The van der Waals surface area contributed by atoms with Gasteiger partial charge in [0.2, 0.25) is 0 Å². The van der Waals surface area contributed by atoms with Gasteiger partial charge in [-0.2, -0.15) is 0 Å². The number of rotatable bonds is 5. The summed E-state index contributed by atoms with van der Waals surface area (Å²) in [6.45, 7) is 1.67. The molecule has 0 heterocycles. The van der Waals surface area contributed by atoms with Gasteiger partial charge in [-0.15, -0.1) is 0 Å². The molecule has 1 amide bonds. The fraction of sp³-hybridized carbons (Fsp3) is 0.136. The minimum Gasteiger partial charge on any atom is -0.497 e. The summed E-state index contributed by atoms with van der Waals surface area (Å²) in [5.74, 6) is -1.74. The van der Waals surface area contributed by atoms with Gasteiger partial charge in [0.15, 0.2) is 0 Å². The highest BCUT2D eigenvalue weighted by atomic mass is 19.1. The molecule has 144 valence electrons. The van der Waals surface area contributed by atoms with Crippen LogP contribution in [-0.2, 0) is 0 Å². The number of methoxy groups -OCH3 is 1. The zero-order chi connectivity index (χ0) is 20.3. The van der Waals surface area contributed by atoms with Crippen molar-refractivity contribution in [2.24, 2.45) is 0 Å². The highest BCUT2D eigenvalue weighted by molar-refractivity contribution is 5.94. The summed E-state index contributed by atoms with van der Waals surface area (Å²) < 4.78 is 46.4. The molecule has 3 rings (SSSR count).